The van der Waals surface area contributed by atoms with Gasteiger partial charge in [-0.15, -0.1) is 0 Å². The molecule has 0 saturated carbocycles. The summed E-state index contributed by atoms with van der Waals surface area (Å²) < 4.78 is 5.28. The first-order valence-corrected chi connectivity index (χ1v) is 9.82. The summed E-state index contributed by atoms with van der Waals surface area (Å²) >= 11 is 0. The first kappa shape index (κ1) is 18.6. The normalized spacial score (nSPS) is 15.6. The molecule has 2 heterocycles. The van der Waals surface area contributed by atoms with Gasteiger partial charge in [0.1, 0.15) is 5.69 Å². The number of nitrogens with zero attached hydrogens (tertiary/aromatic N) is 3. The van der Waals surface area contributed by atoms with Crippen LogP contribution in [0.25, 0.3) is 11.3 Å². The first-order valence-electron chi connectivity index (χ1n) is 9.82. The Labute approximate surface area is 165 Å². The van der Waals surface area contributed by atoms with Crippen LogP contribution in [0.1, 0.15) is 22.5 Å². The smallest absolute Gasteiger partial charge is 0.203 e. The van der Waals surface area contributed by atoms with Gasteiger partial charge < -0.3 is 9.42 Å². The van der Waals surface area contributed by atoms with Gasteiger partial charge in [-0.25, -0.2) is 0 Å². The van der Waals surface area contributed by atoms with Crippen LogP contribution in [-0.4, -0.2) is 53.5 Å². The van der Waals surface area contributed by atoms with Gasteiger partial charge in [0.2, 0.25) is 11.5 Å². The van der Waals surface area contributed by atoms with E-state index >= 15 is 0 Å². The second-order valence-electron chi connectivity index (χ2n) is 7.22. The van der Waals surface area contributed by atoms with E-state index in [0.29, 0.717) is 17.9 Å². The van der Waals surface area contributed by atoms with Gasteiger partial charge in [-0.2, -0.15) is 0 Å². The minimum atomic E-state index is 0.0152. The molecule has 5 heteroatoms. The monoisotopic (exact) mass is 375 g/mol. The van der Waals surface area contributed by atoms with Gasteiger partial charge in [0.15, 0.2) is 0 Å². The molecule has 0 radical (unpaired) electrons. The second-order valence-corrected chi connectivity index (χ2v) is 7.22. The Balaban J connectivity index is 1.23. The van der Waals surface area contributed by atoms with E-state index in [1.165, 1.54) is 5.56 Å². The first-order chi connectivity index (χ1) is 13.8. The van der Waals surface area contributed by atoms with Crippen LogP contribution in [0, 0.1) is 0 Å². The Hall–Kier alpha value is -2.76. The molecule has 0 unspecified atom stereocenters. The summed E-state index contributed by atoms with van der Waals surface area (Å²) in [6, 6.07) is 22.1. The van der Waals surface area contributed by atoms with Crippen LogP contribution in [0.4, 0.5) is 0 Å². The summed E-state index contributed by atoms with van der Waals surface area (Å²) in [6.45, 7) is 5.80. The molecule has 2 aromatic carbocycles. The average Bonchev–Trinajstić information content (AvgIpc) is 3.25. The van der Waals surface area contributed by atoms with Crippen LogP contribution in [0.15, 0.2) is 71.3 Å². The van der Waals surface area contributed by atoms with Gasteiger partial charge in [-0.05, 0) is 5.56 Å². The average molecular weight is 375 g/mol. The van der Waals surface area contributed by atoms with Crippen molar-refractivity contribution in [3.63, 3.8) is 0 Å². The highest BCUT2D eigenvalue weighted by molar-refractivity contribution is 5.94. The molecule has 0 atom stereocenters. The number of carbonyl (C=O) groups is 1. The number of hydrogen-bond acceptors (Lipinski definition) is 5. The standard InChI is InChI=1S/C23H25N3O2/c27-22(23-17-21(24-28-23)20-9-5-2-6-10-20)11-12-25-13-15-26(16-14-25)18-19-7-3-1-4-8-19/h1-10,17H,11-16,18H2. The van der Waals surface area contributed by atoms with E-state index in [0.717, 1.165) is 44.8 Å². The lowest BCUT2D eigenvalue weighted by atomic mass is 10.1. The van der Waals surface area contributed by atoms with Gasteiger partial charge in [-0.3, -0.25) is 9.69 Å². The zero-order valence-electron chi connectivity index (χ0n) is 16.0. The van der Waals surface area contributed by atoms with Crippen molar-refractivity contribution in [3.05, 3.63) is 78.1 Å². The van der Waals surface area contributed by atoms with E-state index < -0.39 is 0 Å². The zero-order chi connectivity index (χ0) is 19.2. The number of benzene rings is 2. The van der Waals surface area contributed by atoms with E-state index in [4.69, 9.17) is 4.52 Å². The van der Waals surface area contributed by atoms with Gasteiger partial charge in [0, 0.05) is 57.3 Å². The molecule has 1 aliphatic rings. The van der Waals surface area contributed by atoms with Crippen molar-refractivity contribution in [2.45, 2.75) is 13.0 Å². The van der Waals surface area contributed by atoms with Crippen LogP contribution >= 0.6 is 0 Å². The molecule has 0 amide bonds. The Morgan fingerprint density at radius 2 is 1.54 bits per heavy atom. The molecule has 3 aromatic rings. The molecular formula is C23H25N3O2. The lowest BCUT2D eigenvalue weighted by Gasteiger charge is -2.34. The minimum absolute atomic E-state index is 0.0152. The number of ketones is 1. The summed E-state index contributed by atoms with van der Waals surface area (Å²) in [6.07, 6.45) is 0.460. The highest BCUT2D eigenvalue weighted by Gasteiger charge is 2.19. The molecule has 0 N–H and O–H groups in total. The highest BCUT2D eigenvalue weighted by atomic mass is 16.5. The number of Topliss-reactive ketones (excluding diaryl/α,β-unsaturated/α-hetero) is 1. The van der Waals surface area contributed by atoms with E-state index in [2.05, 4.69) is 45.3 Å². The molecule has 0 spiro atoms. The number of aromatic nitrogens is 1. The Morgan fingerprint density at radius 3 is 2.25 bits per heavy atom. The molecule has 0 bridgehead atoms. The number of hydrogen-bond donors (Lipinski definition) is 0. The summed E-state index contributed by atoms with van der Waals surface area (Å²) in [7, 11) is 0. The largest absolute Gasteiger partial charge is 0.352 e. The molecule has 4 rings (SSSR count). The SMILES string of the molecule is O=C(CCN1CCN(Cc2ccccc2)CC1)c1cc(-c2ccccc2)no1. The van der Waals surface area contributed by atoms with E-state index in [-0.39, 0.29) is 5.78 Å². The van der Waals surface area contributed by atoms with Crippen molar-refractivity contribution in [3.8, 4) is 11.3 Å². The van der Waals surface area contributed by atoms with Crippen LogP contribution in [0.5, 0.6) is 0 Å². The van der Waals surface area contributed by atoms with E-state index in [1.807, 2.05) is 30.3 Å². The minimum Gasteiger partial charge on any atom is -0.352 e. The summed E-state index contributed by atoms with van der Waals surface area (Å²) in [5, 5.41) is 4.04. The van der Waals surface area contributed by atoms with Crippen molar-refractivity contribution in [2.24, 2.45) is 0 Å². The third kappa shape index (κ3) is 4.74. The lowest BCUT2D eigenvalue weighted by molar-refractivity contribution is 0.0890. The Kier molecular flexibility index (Phi) is 5.95. The van der Waals surface area contributed by atoms with Crippen molar-refractivity contribution in [1.82, 2.24) is 15.0 Å². The second kappa shape index (κ2) is 8.95. The highest BCUT2D eigenvalue weighted by Crippen LogP contribution is 2.19. The summed E-state index contributed by atoms with van der Waals surface area (Å²) in [5.74, 6) is 0.364. The van der Waals surface area contributed by atoms with Crippen LogP contribution in [0.2, 0.25) is 0 Å². The number of rotatable bonds is 7. The number of piperazine rings is 1. The molecule has 1 fully saturated rings. The molecule has 1 aromatic heterocycles. The van der Waals surface area contributed by atoms with Crippen molar-refractivity contribution in [1.29, 1.82) is 0 Å². The van der Waals surface area contributed by atoms with Gasteiger partial charge in [-0.1, -0.05) is 65.8 Å². The molecule has 0 aliphatic carbocycles. The fourth-order valence-corrected chi connectivity index (χ4v) is 3.55. The lowest BCUT2D eigenvalue weighted by Crippen LogP contribution is -2.46. The molecule has 5 nitrogen and oxygen atoms in total. The molecule has 1 saturated heterocycles. The van der Waals surface area contributed by atoms with Crippen molar-refractivity contribution < 1.29 is 9.32 Å². The molecule has 1 aliphatic heterocycles. The van der Waals surface area contributed by atoms with Gasteiger partial charge in [0.25, 0.3) is 0 Å². The maximum atomic E-state index is 12.5. The van der Waals surface area contributed by atoms with Crippen LogP contribution in [-0.2, 0) is 6.54 Å². The van der Waals surface area contributed by atoms with Crippen molar-refractivity contribution in [2.75, 3.05) is 32.7 Å². The Bertz CT molecular complexity index is 884. The zero-order valence-corrected chi connectivity index (χ0v) is 16.0. The fraction of sp³-hybridized carbons (Fsp3) is 0.304. The predicted molar refractivity (Wildman–Crippen MR) is 109 cm³/mol. The topological polar surface area (TPSA) is 49.6 Å². The third-order valence-corrected chi connectivity index (χ3v) is 5.22. The summed E-state index contributed by atoms with van der Waals surface area (Å²) in [5.41, 5.74) is 3.02. The van der Waals surface area contributed by atoms with Crippen molar-refractivity contribution >= 4 is 5.78 Å². The molecule has 144 valence electrons. The summed E-state index contributed by atoms with van der Waals surface area (Å²) in [4.78, 5) is 17.3. The van der Waals surface area contributed by atoms with Gasteiger partial charge >= 0.3 is 0 Å². The number of carbonyl (C=O) groups excluding carboxylic acids is 1. The quantitative estimate of drug-likeness (QED) is 0.589. The third-order valence-electron chi connectivity index (χ3n) is 5.22. The fourth-order valence-electron chi connectivity index (χ4n) is 3.55. The van der Waals surface area contributed by atoms with Gasteiger partial charge in [0.05, 0.1) is 0 Å². The maximum absolute atomic E-state index is 12.5. The van der Waals surface area contributed by atoms with E-state index in [1.54, 1.807) is 6.07 Å². The van der Waals surface area contributed by atoms with Crippen LogP contribution < -0.4 is 0 Å². The molecule has 28 heavy (non-hydrogen) atoms. The molecular weight excluding hydrogens is 350 g/mol. The predicted octanol–water partition coefficient (Wildman–Crippen LogP) is 3.73. The van der Waals surface area contributed by atoms with E-state index in [9.17, 15) is 4.79 Å². The Morgan fingerprint density at radius 1 is 0.893 bits per heavy atom. The van der Waals surface area contributed by atoms with Crippen LogP contribution in [0.3, 0.4) is 0 Å². The maximum Gasteiger partial charge on any atom is 0.203 e.